The number of ketones is 1. The summed E-state index contributed by atoms with van der Waals surface area (Å²) in [5.74, 6) is 1.02. The van der Waals surface area contributed by atoms with E-state index in [2.05, 4.69) is 20.4 Å². The molecule has 5 rings (SSSR count). The summed E-state index contributed by atoms with van der Waals surface area (Å²) in [6, 6.07) is 11.7. The number of hydrogen-bond acceptors (Lipinski definition) is 8. The Hall–Kier alpha value is -4.05. The van der Waals surface area contributed by atoms with Crippen LogP contribution in [-0.4, -0.2) is 62.4 Å². The van der Waals surface area contributed by atoms with Crippen LogP contribution in [-0.2, 0) is 18.3 Å². The number of carbonyl (C=O) groups is 1. The molecule has 3 aromatic heterocycles. The van der Waals surface area contributed by atoms with Crippen molar-refractivity contribution in [2.45, 2.75) is 13.5 Å². The first-order valence-electron chi connectivity index (χ1n) is 11.1. The van der Waals surface area contributed by atoms with Gasteiger partial charge in [0.25, 0.3) is 0 Å². The number of aromatic nitrogens is 5. The van der Waals surface area contributed by atoms with Crippen LogP contribution in [0.5, 0.6) is 0 Å². The van der Waals surface area contributed by atoms with Crippen molar-refractivity contribution in [3.05, 3.63) is 65.7 Å². The molecular weight excluding hydrogens is 432 g/mol. The van der Waals surface area contributed by atoms with E-state index in [9.17, 15) is 4.79 Å². The van der Waals surface area contributed by atoms with Crippen LogP contribution in [0.2, 0.25) is 0 Å². The van der Waals surface area contributed by atoms with Crippen LogP contribution in [0.25, 0.3) is 11.2 Å². The Bertz CT molecular complexity index is 1350. The van der Waals surface area contributed by atoms with Crippen LogP contribution in [0.15, 0.2) is 54.0 Å². The number of carbonyl (C=O) groups excluding carboxylic acids is 1. The van der Waals surface area contributed by atoms with Gasteiger partial charge in [0.2, 0.25) is 5.95 Å². The molecule has 34 heavy (non-hydrogen) atoms. The molecule has 1 aromatic carbocycles. The van der Waals surface area contributed by atoms with Crippen LogP contribution < -0.4 is 10.3 Å². The lowest BCUT2D eigenvalue weighted by molar-refractivity contribution is 0.0965. The highest BCUT2D eigenvalue weighted by molar-refractivity contribution is 5.95. The second-order valence-electron chi connectivity index (χ2n) is 8.23. The zero-order valence-corrected chi connectivity index (χ0v) is 19.2. The van der Waals surface area contributed by atoms with Crippen molar-refractivity contribution in [3.63, 3.8) is 0 Å². The van der Waals surface area contributed by atoms with Crippen LogP contribution in [0.4, 0.5) is 11.8 Å². The molecular formula is C24H26N8O2. The van der Waals surface area contributed by atoms with Crippen molar-refractivity contribution in [2.24, 2.45) is 12.1 Å². The molecule has 1 fully saturated rings. The molecule has 1 saturated heterocycles. The SMILES string of the molecule is Cc1cccc(C=NNc2nc(N3CCOCC3)nc3c2ncn3CC(=O)c2cccn2C)c1. The molecule has 10 nitrogen and oxygen atoms in total. The van der Waals surface area contributed by atoms with E-state index in [-0.39, 0.29) is 12.3 Å². The van der Waals surface area contributed by atoms with Gasteiger partial charge in [0, 0.05) is 26.3 Å². The second kappa shape index (κ2) is 9.44. The lowest BCUT2D eigenvalue weighted by Gasteiger charge is -2.27. The number of fused-ring (bicyclic) bond motifs is 1. The van der Waals surface area contributed by atoms with Gasteiger partial charge in [-0.1, -0.05) is 29.8 Å². The molecule has 0 radical (unpaired) electrons. The van der Waals surface area contributed by atoms with Gasteiger partial charge in [-0.3, -0.25) is 10.2 Å². The van der Waals surface area contributed by atoms with E-state index in [1.807, 2.05) is 61.1 Å². The number of nitrogens with one attached hydrogen (secondary N) is 1. The monoisotopic (exact) mass is 458 g/mol. The maximum atomic E-state index is 12.9. The maximum Gasteiger partial charge on any atom is 0.229 e. The van der Waals surface area contributed by atoms with Crippen molar-refractivity contribution >= 4 is 34.9 Å². The zero-order valence-electron chi connectivity index (χ0n) is 19.2. The molecule has 0 atom stereocenters. The van der Waals surface area contributed by atoms with Crippen LogP contribution >= 0.6 is 0 Å². The van der Waals surface area contributed by atoms with Crippen LogP contribution in [0, 0.1) is 6.92 Å². The van der Waals surface area contributed by atoms with E-state index in [0.29, 0.717) is 54.9 Å². The van der Waals surface area contributed by atoms with Gasteiger partial charge in [-0.15, -0.1) is 0 Å². The fourth-order valence-corrected chi connectivity index (χ4v) is 3.94. The standard InChI is InChI=1S/C24H26N8O2/c1-17-5-3-6-18(13-17)14-26-29-22-21-23(28-24(27-22)31-9-11-34-12-10-31)32(16-25-21)15-20(33)19-7-4-8-30(19)2/h3-8,13-14,16H,9-12,15H2,1-2H3,(H,27,28,29). The maximum absolute atomic E-state index is 12.9. The highest BCUT2D eigenvalue weighted by Crippen LogP contribution is 2.23. The van der Waals surface area contributed by atoms with Gasteiger partial charge in [-0.2, -0.15) is 15.1 Å². The van der Waals surface area contributed by atoms with Gasteiger partial charge in [0.05, 0.1) is 38.0 Å². The van der Waals surface area contributed by atoms with E-state index in [1.54, 1.807) is 17.1 Å². The summed E-state index contributed by atoms with van der Waals surface area (Å²) < 4.78 is 9.04. The molecule has 1 aliphatic rings. The molecule has 0 unspecified atom stereocenters. The number of hydrazone groups is 1. The average Bonchev–Trinajstić information content (AvgIpc) is 3.46. The highest BCUT2D eigenvalue weighted by Gasteiger charge is 2.20. The molecule has 0 saturated carbocycles. The van der Waals surface area contributed by atoms with E-state index >= 15 is 0 Å². The third-order valence-corrected chi connectivity index (χ3v) is 5.72. The predicted molar refractivity (Wildman–Crippen MR) is 130 cm³/mol. The van der Waals surface area contributed by atoms with Crippen molar-refractivity contribution in [2.75, 3.05) is 36.6 Å². The first-order chi connectivity index (χ1) is 16.6. The molecule has 4 aromatic rings. The third kappa shape index (κ3) is 4.53. The summed E-state index contributed by atoms with van der Waals surface area (Å²) >= 11 is 0. The zero-order chi connectivity index (χ0) is 23.5. The van der Waals surface area contributed by atoms with E-state index in [1.165, 1.54) is 0 Å². The van der Waals surface area contributed by atoms with Crippen molar-refractivity contribution in [1.82, 2.24) is 24.1 Å². The molecule has 1 aliphatic heterocycles. The fraction of sp³-hybridized carbons (Fsp3) is 0.292. The smallest absolute Gasteiger partial charge is 0.229 e. The number of nitrogens with zero attached hydrogens (tertiary/aromatic N) is 7. The second-order valence-corrected chi connectivity index (χ2v) is 8.23. The fourth-order valence-electron chi connectivity index (χ4n) is 3.94. The summed E-state index contributed by atoms with van der Waals surface area (Å²) in [4.78, 5) is 28.9. The topological polar surface area (TPSA) is 102 Å². The molecule has 0 amide bonds. The van der Waals surface area contributed by atoms with Gasteiger partial charge in [0.1, 0.15) is 0 Å². The number of Topliss-reactive ketones (excluding diaryl/α,β-unsaturated/α-hetero) is 1. The number of hydrogen-bond donors (Lipinski definition) is 1. The van der Waals surface area contributed by atoms with Crippen LogP contribution in [0.3, 0.4) is 0 Å². The quantitative estimate of drug-likeness (QED) is 0.258. The van der Waals surface area contributed by atoms with Crippen molar-refractivity contribution in [3.8, 4) is 0 Å². The Morgan fingerprint density at radius 1 is 1.21 bits per heavy atom. The van der Waals surface area contributed by atoms with Crippen molar-refractivity contribution < 1.29 is 9.53 Å². The number of benzene rings is 1. The average molecular weight is 459 g/mol. The minimum Gasteiger partial charge on any atom is -0.378 e. The molecule has 1 N–H and O–H groups in total. The minimum atomic E-state index is -0.0229. The van der Waals surface area contributed by atoms with E-state index < -0.39 is 0 Å². The molecule has 0 aliphatic carbocycles. The number of morpholine rings is 1. The van der Waals surface area contributed by atoms with Gasteiger partial charge >= 0.3 is 0 Å². The Morgan fingerprint density at radius 2 is 2.06 bits per heavy atom. The predicted octanol–water partition coefficient (Wildman–Crippen LogP) is 2.64. The van der Waals surface area contributed by atoms with Gasteiger partial charge in [-0.05, 0) is 24.6 Å². The molecule has 0 bridgehead atoms. The minimum absolute atomic E-state index is 0.0229. The summed E-state index contributed by atoms with van der Waals surface area (Å²) in [5.41, 5.74) is 6.93. The Labute approximate surface area is 196 Å². The summed E-state index contributed by atoms with van der Waals surface area (Å²) in [5, 5.41) is 4.38. The highest BCUT2D eigenvalue weighted by atomic mass is 16.5. The number of aryl methyl sites for hydroxylation is 2. The Balaban J connectivity index is 1.48. The van der Waals surface area contributed by atoms with Gasteiger partial charge in [-0.25, -0.2) is 4.98 Å². The summed E-state index contributed by atoms with van der Waals surface area (Å²) in [7, 11) is 1.85. The Morgan fingerprint density at radius 3 is 2.82 bits per heavy atom. The number of anilines is 2. The van der Waals surface area contributed by atoms with E-state index in [4.69, 9.17) is 14.7 Å². The lowest BCUT2D eigenvalue weighted by atomic mass is 10.2. The molecule has 10 heteroatoms. The largest absolute Gasteiger partial charge is 0.378 e. The molecule has 0 spiro atoms. The van der Waals surface area contributed by atoms with Crippen LogP contribution in [0.1, 0.15) is 21.6 Å². The Kier molecular flexibility index (Phi) is 6.05. The first-order valence-corrected chi connectivity index (χ1v) is 11.1. The van der Waals surface area contributed by atoms with Crippen molar-refractivity contribution in [1.29, 1.82) is 0 Å². The summed E-state index contributed by atoms with van der Waals surface area (Å²) in [6.45, 7) is 4.76. The number of rotatable bonds is 7. The van der Waals surface area contributed by atoms with E-state index in [0.717, 1.165) is 11.1 Å². The normalized spacial score (nSPS) is 14.2. The van der Waals surface area contributed by atoms with Gasteiger partial charge in [0.15, 0.2) is 22.8 Å². The third-order valence-electron chi connectivity index (χ3n) is 5.72. The molecule has 4 heterocycles. The summed E-state index contributed by atoms with van der Waals surface area (Å²) in [6.07, 6.45) is 5.22. The number of imidazole rings is 1. The number of ether oxygens (including phenoxy) is 1. The lowest BCUT2D eigenvalue weighted by Crippen LogP contribution is -2.37. The molecule has 174 valence electrons. The first kappa shape index (κ1) is 21.8. The van der Waals surface area contributed by atoms with Gasteiger partial charge < -0.3 is 18.8 Å².